The molecule has 0 saturated carbocycles. The highest BCUT2D eigenvalue weighted by atomic mass is 32.2. The lowest BCUT2D eigenvalue weighted by molar-refractivity contribution is 0.127. The van der Waals surface area contributed by atoms with Crippen LogP contribution in [0.4, 0.5) is 0 Å². The predicted octanol–water partition coefficient (Wildman–Crippen LogP) is 4.42. The third-order valence-electron chi connectivity index (χ3n) is 4.20. The summed E-state index contributed by atoms with van der Waals surface area (Å²) in [7, 11) is 0. The zero-order valence-corrected chi connectivity index (χ0v) is 14.4. The minimum Gasteiger partial charge on any atom is -0.377 e. The molecule has 0 spiro atoms. The molecular formula is C18H29NOS. The number of ether oxygens (including phenoxy) is 1. The van der Waals surface area contributed by atoms with Crippen LogP contribution < -0.4 is 5.32 Å². The Bertz CT molecular complexity index is 397. The molecule has 0 amide bonds. The lowest BCUT2D eigenvalue weighted by Crippen LogP contribution is -2.32. The highest BCUT2D eigenvalue weighted by molar-refractivity contribution is 8.00. The molecule has 1 aliphatic heterocycles. The van der Waals surface area contributed by atoms with E-state index in [0.717, 1.165) is 13.2 Å². The zero-order valence-electron chi connectivity index (χ0n) is 13.5. The molecule has 1 aromatic rings. The summed E-state index contributed by atoms with van der Waals surface area (Å²) in [5.41, 5.74) is 1.41. The number of nitrogens with one attached hydrogen (secondary N) is 1. The first-order chi connectivity index (χ1) is 10.3. The molecule has 1 heterocycles. The van der Waals surface area contributed by atoms with Crippen molar-refractivity contribution in [3.8, 4) is 0 Å². The van der Waals surface area contributed by atoms with Gasteiger partial charge in [-0.25, -0.2) is 0 Å². The first-order valence-corrected chi connectivity index (χ1v) is 9.25. The largest absolute Gasteiger partial charge is 0.377 e. The Morgan fingerprint density at radius 1 is 1.29 bits per heavy atom. The van der Waals surface area contributed by atoms with Crippen LogP contribution in [0.15, 0.2) is 30.3 Å². The van der Waals surface area contributed by atoms with Crippen LogP contribution in [-0.2, 0) is 4.74 Å². The van der Waals surface area contributed by atoms with E-state index in [9.17, 15) is 0 Å². The minimum absolute atomic E-state index is 0.395. The van der Waals surface area contributed by atoms with Gasteiger partial charge >= 0.3 is 0 Å². The lowest BCUT2D eigenvalue weighted by Gasteiger charge is -2.30. The van der Waals surface area contributed by atoms with Gasteiger partial charge < -0.3 is 10.1 Å². The van der Waals surface area contributed by atoms with Crippen LogP contribution in [0.25, 0.3) is 0 Å². The summed E-state index contributed by atoms with van der Waals surface area (Å²) in [5, 5.41) is 5.01. The van der Waals surface area contributed by atoms with Crippen LogP contribution in [0.3, 0.4) is 0 Å². The summed E-state index contributed by atoms with van der Waals surface area (Å²) in [6.45, 7) is 8.76. The van der Waals surface area contributed by atoms with Gasteiger partial charge in [-0.3, -0.25) is 0 Å². The highest BCUT2D eigenvalue weighted by Crippen LogP contribution is 2.37. The van der Waals surface area contributed by atoms with Crippen molar-refractivity contribution in [2.75, 3.05) is 13.2 Å². The Morgan fingerprint density at radius 3 is 2.62 bits per heavy atom. The van der Waals surface area contributed by atoms with E-state index in [1.807, 2.05) is 0 Å². The van der Waals surface area contributed by atoms with E-state index in [1.165, 1.54) is 24.8 Å². The van der Waals surface area contributed by atoms with Gasteiger partial charge in [-0.15, -0.1) is 0 Å². The van der Waals surface area contributed by atoms with Gasteiger partial charge in [-0.2, -0.15) is 11.8 Å². The topological polar surface area (TPSA) is 21.3 Å². The third kappa shape index (κ3) is 4.73. The molecule has 1 aromatic carbocycles. The minimum atomic E-state index is 0.395. The molecule has 1 saturated heterocycles. The molecule has 1 aliphatic rings. The molecule has 1 N–H and O–H groups in total. The van der Waals surface area contributed by atoms with Gasteiger partial charge in [0.15, 0.2) is 0 Å². The van der Waals surface area contributed by atoms with Crippen LogP contribution in [0, 0.1) is 0 Å². The van der Waals surface area contributed by atoms with Crippen LogP contribution >= 0.6 is 11.8 Å². The van der Waals surface area contributed by atoms with E-state index >= 15 is 0 Å². The predicted molar refractivity (Wildman–Crippen MR) is 93.0 cm³/mol. The fourth-order valence-corrected chi connectivity index (χ4v) is 4.53. The van der Waals surface area contributed by atoms with E-state index in [2.05, 4.69) is 68.2 Å². The number of benzene rings is 1. The molecule has 1 fully saturated rings. The fraction of sp³-hybridized carbons (Fsp3) is 0.667. The molecule has 4 atom stereocenters. The highest BCUT2D eigenvalue weighted by Gasteiger charge is 2.30. The van der Waals surface area contributed by atoms with Gasteiger partial charge in [-0.05, 0) is 38.3 Å². The summed E-state index contributed by atoms with van der Waals surface area (Å²) in [4.78, 5) is 0. The van der Waals surface area contributed by atoms with Crippen molar-refractivity contribution in [3.63, 3.8) is 0 Å². The van der Waals surface area contributed by atoms with Gasteiger partial charge in [0.25, 0.3) is 0 Å². The quantitative estimate of drug-likeness (QED) is 0.768. The van der Waals surface area contributed by atoms with E-state index < -0.39 is 0 Å². The smallest absolute Gasteiger partial charge is 0.0666 e. The number of rotatable bonds is 8. The Hall–Kier alpha value is -0.510. The monoisotopic (exact) mass is 307 g/mol. The number of hydrogen-bond donors (Lipinski definition) is 1. The van der Waals surface area contributed by atoms with Crippen molar-refractivity contribution in [1.29, 1.82) is 0 Å². The maximum atomic E-state index is 5.74. The average molecular weight is 308 g/mol. The zero-order chi connectivity index (χ0) is 15.1. The van der Waals surface area contributed by atoms with Gasteiger partial charge in [0.2, 0.25) is 0 Å². The summed E-state index contributed by atoms with van der Waals surface area (Å²) in [6, 6.07) is 11.3. The maximum absolute atomic E-state index is 5.74. The van der Waals surface area contributed by atoms with Crippen LogP contribution in [-0.4, -0.2) is 29.8 Å². The summed E-state index contributed by atoms with van der Waals surface area (Å²) < 4.78 is 5.74. The van der Waals surface area contributed by atoms with Gasteiger partial charge in [0, 0.05) is 23.1 Å². The van der Waals surface area contributed by atoms with Crippen molar-refractivity contribution in [2.45, 2.75) is 62.7 Å². The summed E-state index contributed by atoms with van der Waals surface area (Å²) in [6.07, 6.45) is 3.95. The molecule has 2 rings (SSSR count). The number of hydrogen-bond acceptors (Lipinski definition) is 3. The number of thioether (sulfide) groups is 1. The molecule has 21 heavy (non-hydrogen) atoms. The van der Waals surface area contributed by atoms with Gasteiger partial charge in [0.1, 0.15) is 0 Å². The standard InChI is InChI=1S/C18H29NOS/c1-4-12-19-18(15-9-7-6-8-10-15)16(5-2)21-17-11-13-20-14(17)3/h6-10,14,16-19H,4-5,11-13H2,1-3H3. The van der Waals surface area contributed by atoms with E-state index in [4.69, 9.17) is 4.74 Å². The molecule has 0 aromatic heterocycles. The summed E-state index contributed by atoms with van der Waals surface area (Å²) >= 11 is 2.13. The maximum Gasteiger partial charge on any atom is 0.0666 e. The van der Waals surface area contributed by atoms with Crippen LogP contribution in [0.5, 0.6) is 0 Å². The fourth-order valence-electron chi connectivity index (χ4n) is 2.95. The van der Waals surface area contributed by atoms with Gasteiger partial charge in [-0.1, -0.05) is 44.2 Å². The van der Waals surface area contributed by atoms with Crippen LogP contribution in [0.2, 0.25) is 0 Å². The van der Waals surface area contributed by atoms with Crippen molar-refractivity contribution in [3.05, 3.63) is 35.9 Å². The van der Waals surface area contributed by atoms with Crippen molar-refractivity contribution < 1.29 is 4.74 Å². The SMILES string of the molecule is CCCNC(c1ccccc1)C(CC)SC1CCOC1C. The molecule has 0 aliphatic carbocycles. The second kappa shape index (κ2) is 8.82. The van der Waals surface area contributed by atoms with Crippen molar-refractivity contribution >= 4 is 11.8 Å². The van der Waals surface area contributed by atoms with Crippen molar-refractivity contribution in [1.82, 2.24) is 5.32 Å². The molecule has 0 radical (unpaired) electrons. The molecular weight excluding hydrogens is 278 g/mol. The van der Waals surface area contributed by atoms with Crippen LogP contribution in [0.1, 0.15) is 51.6 Å². The first kappa shape index (κ1) is 16.9. The molecule has 0 bridgehead atoms. The normalized spacial score (nSPS) is 24.9. The third-order valence-corrected chi connectivity index (χ3v) is 6.13. The first-order valence-electron chi connectivity index (χ1n) is 8.31. The molecule has 2 nitrogen and oxygen atoms in total. The second-order valence-corrected chi connectivity index (χ2v) is 7.31. The van der Waals surface area contributed by atoms with Gasteiger partial charge in [0.05, 0.1) is 6.10 Å². The van der Waals surface area contributed by atoms with E-state index in [1.54, 1.807) is 0 Å². The summed E-state index contributed by atoms with van der Waals surface area (Å²) in [5.74, 6) is 0. The Morgan fingerprint density at radius 2 is 2.05 bits per heavy atom. The average Bonchev–Trinajstić information content (AvgIpc) is 2.92. The Balaban J connectivity index is 2.08. The van der Waals surface area contributed by atoms with E-state index in [-0.39, 0.29) is 0 Å². The van der Waals surface area contributed by atoms with E-state index in [0.29, 0.717) is 22.6 Å². The molecule has 118 valence electrons. The second-order valence-electron chi connectivity index (χ2n) is 5.83. The van der Waals surface area contributed by atoms with Crippen molar-refractivity contribution in [2.24, 2.45) is 0 Å². The molecule has 4 unspecified atom stereocenters. The Kier molecular flexibility index (Phi) is 7.08. The molecule has 3 heteroatoms. The lowest BCUT2D eigenvalue weighted by atomic mass is 10.0. The Labute approximate surface area is 134 Å².